The highest BCUT2D eigenvalue weighted by Gasteiger charge is 2.33. The molecule has 0 amide bonds. The van der Waals surface area contributed by atoms with Crippen molar-refractivity contribution in [3.05, 3.63) is 33.9 Å². The number of nitro groups is 1. The zero-order valence-corrected chi connectivity index (χ0v) is 10.6. The van der Waals surface area contributed by atoms with E-state index in [0.29, 0.717) is 18.5 Å². The van der Waals surface area contributed by atoms with Crippen LogP contribution in [0.1, 0.15) is 24.8 Å². The number of non-ortho nitro benzene ring substituents is 1. The number of nitriles is 1. The molecule has 0 aliphatic heterocycles. The Morgan fingerprint density at radius 1 is 1.50 bits per heavy atom. The minimum Gasteiger partial charge on any atom is -0.481 e. The van der Waals surface area contributed by atoms with E-state index in [0.717, 1.165) is 6.42 Å². The molecule has 0 aromatic heterocycles. The Labute approximate surface area is 115 Å². The van der Waals surface area contributed by atoms with Crippen molar-refractivity contribution in [2.45, 2.75) is 25.3 Å². The van der Waals surface area contributed by atoms with Crippen LogP contribution in [0.15, 0.2) is 18.2 Å². The van der Waals surface area contributed by atoms with E-state index in [9.17, 15) is 14.9 Å². The second kappa shape index (κ2) is 5.57. The monoisotopic (exact) mass is 275 g/mol. The summed E-state index contributed by atoms with van der Waals surface area (Å²) in [5.41, 5.74) is 0.430. The van der Waals surface area contributed by atoms with E-state index < -0.39 is 16.8 Å². The maximum atomic E-state index is 11.1. The van der Waals surface area contributed by atoms with Gasteiger partial charge in [0.05, 0.1) is 22.1 Å². The Morgan fingerprint density at radius 3 is 2.85 bits per heavy atom. The number of hydrogen-bond donors (Lipinski definition) is 2. The van der Waals surface area contributed by atoms with Crippen LogP contribution in [-0.4, -0.2) is 22.0 Å². The van der Waals surface area contributed by atoms with E-state index in [1.54, 1.807) is 0 Å². The highest BCUT2D eigenvalue weighted by Crippen LogP contribution is 2.30. The Morgan fingerprint density at radius 2 is 2.25 bits per heavy atom. The number of aliphatic carboxylic acids is 1. The number of nitrogens with zero attached hydrogens (tertiary/aromatic N) is 2. The van der Waals surface area contributed by atoms with Gasteiger partial charge in [0.15, 0.2) is 0 Å². The van der Waals surface area contributed by atoms with Crippen LogP contribution in [0, 0.1) is 27.4 Å². The fourth-order valence-electron chi connectivity index (χ4n) is 2.49. The van der Waals surface area contributed by atoms with Gasteiger partial charge < -0.3 is 10.4 Å². The fraction of sp³-hybridized carbons (Fsp3) is 0.385. The summed E-state index contributed by atoms with van der Waals surface area (Å²) < 4.78 is 0. The minimum atomic E-state index is -0.861. The molecule has 7 heteroatoms. The average Bonchev–Trinajstić information content (AvgIpc) is 2.87. The van der Waals surface area contributed by atoms with Crippen LogP contribution >= 0.6 is 0 Å². The van der Waals surface area contributed by atoms with Gasteiger partial charge in [-0.3, -0.25) is 14.9 Å². The molecular formula is C13H13N3O4. The molecule has 0 heterocycles. The van der Waals surface area contributed by atoms with Crippen molar-refractivity contribution in [1.29, 1.82) is 5.26 Å². The Balaban J connectivity index is 2.23. The first kappa shape index (κ1) is 13.8. The quantitative estimate of drug-likeness (QED) is 0.642. The fourth-order valence-corrected chi connectivity index (χ4v) is 2.49. The predicted octanol–water partition coefficient (Wildman–Crippen LogP) is 2.13. The van der Waals surface area contributed by atoms with Gasteiger partial charge in [-0.05, 0) is 18.9 Å². The van der Waals surface area contributed by atoms with Crippen LogP contribution < -0.4 is 5.32 Å². The molecule has 7 nitrogen and oxygen atoms in total. The van der Waals surface area contributed by atoms with E-state index in [1.807, 2.05) is 6.07 Å². The SMILES string of the molecule is N#Cc1cc([N+](=O)[O-])ccc1NC1CCCC1C(=O)O. The van der Waals surface area contributed by atoms with Gasteiger partial charge in [0.2, 0.25) is 0 Å². The zero-order valence-electron chi connectivity index (χ0n) is 10.6. The first-order valence-corrected chi connectivity index (χ1v) is 6.21. The van der Waals surface area contributed by atoms with Crippen molar-refractivity contribution in [1.82, 2.24) is 0 Å². The lowest BCUT2D eigenvalue weighted by atomic mass is 10.0. The normalized spacial score (nSPS) is 21.1. The number of carbonyl (C=O) groups is 1. The zero-order chi connectivity index (χ0) is 14.7. The second-order valence-corrected chi connectivity index (χ2v) is 4.73. The molecule has 1 saturated carbocycles. The number of nitro benzene ring substituents is 1. The Hall–Kier alpha value is -2.62. The molecule has 2 rings (SSSR count). The molecule has 0 spiro atoms. The number of nitrogens with one attached hydrogen (secondary N) is 1. The summed E-state index contributed by atoms with van der Waals surface area (Å²) in [5, 5.41) is 31.9. The summed E-state index contributed by atoms with van der Waals surface area (Å²) in [6.07, 6.45) is 2.12. The maximum absolute atomic E-state index is 11.1. The smallest absolute Gasteiger partial charge is 0.308 e. The van der Waals surface area contributed by atoms with Gasteiger partial charge in [0.25, 0.3) is 5.69 Å². The van der Waals surface area contributed by atoms with Crippen molar-refractivity contribution in [2.24, 2.45) is 5.92 Å². The molecule has 2 atom stereocenters. The second-order valence-electron chi connectivity index (χ2n) is 4.73. The molecule has 1 aliphatic carbocycles. The lowest BCUT2D eigenvalue weighted by Gasteiger charge is -2.19. The lowest BCUT2D eigenvalue weighted by Crippen LogP contribution is -2.30. The average molecular weight is 275 g/mol. The third-order valence-corrected chi connectivity index (χ3v) is 3.51. The van der Waals surface area contributed by atoms with Crippen LogP contribution in [0.2, 0.25) is 0 Å². The Bertz CT molecular complexity index is 594. The van der Waals surface area contributed by atoms with E-state index >= 15 is 0 Å². The molecule has 0 bridgehead atoms. The van der Waals surface area contributed by atoms with Gasteiger partial charge >= 0.3 is 5.97 Å². The molecule has 0 radical (unpaired) electrons. The standard InChI is InChI=1S/C13H13N3O4/c14-7-8-6-9(16(19)20)4-5-11(8)15-12-3-1-2-10(12)13(17)18/h4-6,10,12,15H,1-3H2,(H,17,18). The highest BCUT2D eigenvalue weighted by atomic mass is 16.6. The molecule has 1 fully saturated rings. The van der Waals surface area contributed by atoms with Gasteiger partial charge in [-0.1, -0.05) is 6.42 Å². The summed E-state index contributed by atoms with van der Waals surface area (Å²) in [5.74, 6) is -1.35. The van der Waals surface area contributed by atoms with Crippen molar-refractivity contribution >= 4 is 17.3 Å². The molecule has 1 aromatic rings. The maximum Gasteiger partial charge on any atom is 0.308 e. The molecule has 104 valence electrons. The van der Waals surface area contributed by atoms with Gasteiger partial charge in [-0.15, -0.1) is 0 Å². The lowest BCUT2D eigenvalue weighted by molar-refractivity contribution is -0.384. The predicted molar refractivity (Wildman–Crippen MR) is 70.2 cm³/mol. The topological polar surface area (TPSA) is 116 Å². The van der Waals surface area contributed by atoms with Crippen molar-refractivity contribution in [3.63, 3.8) is 0 Å². The van der Waals surface area contributed by atoms with E-state index in [-0.39, 0.29) is 17.3 Å². The Kier molecular flexibility index (Phi) is 3.84. The largest absolute Gasteiger partial charge is 0.481 e. The minimum absolute atomic E-state index is 0.148. The number of carboxylic acids is 1. The molecule has 2 unspecified atom stereocenters. The third kappa shape index (κ3) is 2.69. The van der Waals surface area contributed by atoms with E-state index in [4.69, 9.17) is 10.4 Å². The first-order chi connectivity index (χ1) is 9.52. The third-order valence-electron chi connectivity index (χ3n) is 3.51. The van der Waals surface area contributed by atoms with Gasteiger partial charge in [0, 0.05) is 18.2 Å². The van der Waals surface area contributed by atoms with E-state index in [2.05, 4.69) is 5.32 Å². The van der Waals surface area contributed by atoms with Crippen LogP contribution in [0.4, 0.5) is 11.4 Å². The molecule has 20 heavy (non-hydrogen) atoms. The highest BCUT2D eigenvalue weighted by molar-refractivity contribution is 5.72. The van der Waals surface area contributed by atoms with Crippen molar-refractivity contribution in [3.8, 4) is 6.07 Å². The van der Waals surface area contributed by atoms with Gasteiger partial charge in [0.1, 0.15) is 6.07 Å². The number of carboxylic acid groups (broad SMARTS) is 1. The summed E-state index contributed by atoms with van der Waals surface area (Å²) in [6.45, 7) is 0. The molecule has 2 N–H and O–H groups in total. The molecule has 1 aromatic carbocycles. The first-order valence-electron chi connectivity index (χ1n) is 6.21. The van der Waals surface area contributed by atoms with Gasteiger partial charge in [-0.25, -0.2) is 0 Å². The molecule has 1 aliphatic rings. The van der Waals surface area contributed by atoms with Crippen LogP contribution in [0.3, 0.4) is 0 Å². The number of hydrogen-bond acceptors (Lipinski definition) is 5. The molecular weight excluding hydrogens is 262 g/mol. The van der Waals surface area contributed by atoms with Gasteiger partial charge in [-0.2, -0.15) is 5.26 Å². The summed E-state index contributed by atoms with van der Waals surface area (Å²) in [6, 6.07) is 5.58. The summed E-state index contributed by atoms with van der Waals surface area (Å²) >= 11 is 0. The number of rotatable bonds is 4. The van der Waals surface area contributed by atoms with Crippen LogP contribution in [0.5, 0.6) is 0 Å². The summed E-state index contributed by atoms with van der Waals surface area (Å²) in [7, 11) is 0. The van der Waals surface area contributed by atoms with Crippen LogP contribution in [-0.2, 0) is 4.79 Å². The molecule has 0 saturated heterocycles. The van der Waals surface area contributed by atoms with E-state index in [1.165, 1.54) is 18.2 Å². The van der Waals surface area contributed by atoms with Crippen LogP contribution in [0.25, 0.3) is 0 Å². The number of anilines is 1. The summed E-state index contributed by atoms with van der Waals surface area (Å²) in [4.78, 5) is 21.2. The van der Waals surface area contributed by atoms with Crippen molar-refractivity contribution in [2.75, 3.05) is 5.32 Å². The number of benzene rings is 1. The van der Waals surface area contributed by atoms with Crippen molar-refractivity contribution < 1.29 is 14.8 Å².